The van der Waals surface area contributed by atoms with Crippen molar-refractivity contribution in [2.24, 2.45) is 5.92 Å². The molecule has 1 N–H and O–H groups in total. The van der Waals surface area contributed by atoms with E-state index in [-0.39, 0.29) is 0 Å². The Balaban J connectivity index is 2.04. The molecule has 3 nitrogen and oxygen atoms in total. The van der Waals surface area contributed by atoms with Crippen LogP contribution in [0, 0.1) is 5.92 Å². The van der Waals surface area contributed by atoms with E-state index >= 15 is 0 Å². The standard InChI is InChI=1S/C13H19N3S/c1-3-14-9-11(2)10-16-7-6-15-13(16)12-5-4-8-17-12/h4-8,11,14H,3,9-10H2,1-2H3. The number of thiophene rings is 1. The Bertz CT molecular complexity index is 433. The Morgan fingerprint density at radius 2 is 2.41 bits per heavy atom. The molecule has 17 heavy (non-hydrogen) atoms. The first-order valence-electron chi connectivity index (χ1n) is 6.07. The van der Waals surface area contributed by atoms with Crippen molar-refractivity contribution in [3.8, 4) is 10.7 Å². The Morgan fingerprint density at radius 3 is 3.12 bits per heavy atom. The molecule has 2 rings (SSSR count). The van der Waals surface area contributed by atoms with Gasteiger partial charge in [0.2, 0.25) is 0 Å². The van der Waals surface area contributed by atoms with Crippen molar-refractivity contribution < 1.29 is 0 Å². The summed E-state index contributed by atoms with van der Waals surface area (Å²) in [5.74, 6) is 1.70. The number of imidazole rings is 1. The topological polar surface area (TPSA) is 29.9 Å². The summed E-state index contributed by atoms with van der Waals surface area (Å²) in [5.41, 5.74) is 0. The van der Waals surface area contributed by atoms with Crippen LogP contribution in [0.5, 0.6) is 0 Å². The van der Waals surface area contributed by atoms with Gasteiger partial charge in [0.05, 0.1) is 4.88 Å². The third kappa shape index (κ3) is 3.17. The zero-order valence-corrected chi connectivity index (χ0v) is 11.2. The maximum Gasteiger partial charge on any atom is 0.149 e. The van der Waals surface area contributed by atoms with E-state index in [2.05, 4.69) is 52.4 Å². The van der Waals surface area contributed by atoms with Gasteiger partial charge in [-0.25, -0.2) is 4.98 Å². The third-order valence-corrected chi connectivity index (χ3v) is 3.57. The minimum atomic E-state index is 0.614. The highest BCUT2D eigenvalue weighted by atomic mass is 32.1. The Hall–Kier alpha value is -1.13. The smallest absolute Gasteiger partial charge is 0.149 e. The van der Waals surface area contributed by atoms with Crippen LogP contribution in [0.3, 0.4) is 0 Å². The highest BCUT2D eigenvalue weighted by Crippen LogP contribution is 2.23. The van der Waals surface area contributed by atoms with Crippen LogP contribution in [-0.2, 0) is 6.54 Å². The van der Waals surface area contributed by atoms with Crippen LogP contribution in [0.4, 0.5) is 0 Å². The summed E-state index contributed by atoms with van der Waals surface area (Å²) in [5, 5.41) is 5.48. The normalized spacial score (nSPS) is 12.8. The SMILES string of the molecule is CCNCC(C)Cn1ccnc1-c1cccs1. The molecule has 4 heteroatoms. The maximum absolute atomic E-state index is 4.44. The lowest BCUT2D eigenvalue weighted by molar-refractivity contribution is 0.453. The summed E-state index contributed by atoms with van der Waals surface area (Å²) in [4.78, 5) is 5.69. The number of aromatic nitrogens is 2. The molecule has 0 fully saturated rings. The molecule has 0 aliphatic heterocycles. The number of nitrogens with zero attached hydrogens (tertiary/aromatic N) is 2. The second-order valence-corrected chi connectivity index (χ2v) is 5.24. The lowest BCUT2D eigenvalue weighted by Gasteiger charge is -2.14. The van der Waals surface area contributed by atoms with Gasteiger partial charge in [0, 0.05) is 18.9 Å². The fourth-order valence-corrected chi connectivity index (χ4v) is 2.61. The summed E-state index contributed by atoms with van der Waals surface area (Å²) in [7, 11) is 0. The van der Waals surface area contributed by atoms with Crippen molar-refractivity contribution in [3.63, 3.8) is 0 Å². The molecule has 0 aliphatic rings. The van der Waals surface area contributed by atoms with Gasteiger partial charge >= 0.3 is 0 Å². The van der Waals surface area contributed by atoms with Crippen LogP contribution in [0.25, 0.3) is 10.7 Å². The third-order valence-electron chi connectivity index (χ3n) is 2.71. The van der Waals surface area contributed by atoms with Gasteiger partial charge < -0.3 is 9.88 Å². The highest BCUT2D eigenvalue weighted by Gasteiger charge is 2.09. The van der Waals surface area contributed by atoms with Crippen molar-refractivity contribution >= 4 is 11.3 Å². The zero-order chi connectivity index (χ0) is 12.1. The zero-order valence-electron chi connectivity index (χ0n) is 10.4. The first kappa shape index (κ1) is 12.3. The lowest BCUT2D eigenvalue weighted by atomic mass is 10.2. The number of nitrogens with one attached hydrogen (secondary N) is 1. The molecule has 1 atom stereocenters. The van der Waals surface area contributed by atoms with Crippen LogP contribution in [0.2, 0.25) is 0 Å². The number of hydrogen-bond acceptors (Lipinski definition) is 3. The summed E-state index contributed by atoms with van der Waals surface area (Å²) in [6.45, 7) is 7.51. The van der Waals surface area contributed by atoms with Gasteiger partial charge in [0.15, 0.2) is 0 Å². The molecule has 0 bridgehead atoms. The minimum absolute atomic E-state index is 0.614. The van der Waals surface area contributed by atoms with Crippen molar-refractivity contribution in [1.82, 2.24) is 14.9 Å². The molecule has 0 aromatic carbocycles. The molecule has 0 saturated carbocycles. The summed E-state index contributed by atoms with van der Waals surface area (Å²) in [6.07, 6.45) is 3.95. The Kier molecular flexibility index (Phi) is 4.34. The molecule has 2 aromatic heterocycles. The average Bonchev–Trinajstić information content (AvgIpc) is 2.95. The molecule has 0 spiro atoms. The minimum Gasteiger partial charge on any atom is -0.330 e. The van der Waals surface area contributed by atoms with E-state index in [1.165, 1.54) is 4.88 Å². The van der Waals surface area contributed by atoms with Gasteiger partial charge in [-0.05, 0) is 30.5 Å². The van der Waals surface area contributed by atoms with Gasteiger partial charge in [-0.2, -0.15) is 0 Å². The van der Waals surface area contributed by atoms with E-state index in [1.807, 2.05) is 6.20 Å². The van der Waals surface area contributed by atoms with Crippen molar-refractivity contribution in [2.45, 2.75) is 20.4 Å². The van der Waals surface area contributed by atoms with E-state index < -0.39 is 0 Å². The van der Waals surface area contributed by atoms with Crippen LogP contribution in [-0.4, -0.2) is 22.6 Å². The second-order valence-electron chi connectivity index (χ2n) is 4.29. The fraction of sp³-hybridized carbons (Fsp3) is 0.462. The van der Waals surface area contributed by atoms with Crippen molar-refractivity contribution in [3.05, 3.63) is 29.9 Å². The van der Waals surface area contributed by atoms with Gasteiger partial charge in [-0.1, -0.05) is 19.9 Å². The predicted octanol–water partition coefficient (Wildman–Crippen LogP) is 2.86. The molecule has 0 amide bonds. The molecule has 0 aliphatic carbocycles. The van der Waals surface area contributed by atoms with E-state index in [4.69, 9.17) is 0 Å². The summed E-state index contributed by atoms with van der Waals surface area (Å²) < 4.78 is 2.24. The molecule has 2 aromatic rings. The Morgan fingerprint density at radius 1 is 1.53 bits per heavy atom. The summed E-state index contributed by atoms with van der Waals surface area (Å²) >= 11 is 1.74. The lowest BCUT2D eigenvalue weighted by Crippen LogP contribution is -2.23. The first-order chi connectivity index (χ1) is 8.31. The first-order valence-corrected chi connectivity index (χ1v) is 6.95. The summed E-state index contributed by atoms with van der Waals surface area (Å²) in [6, 6.07) is 4.19. The molecule has 0 radical (unpaired) electrons. The largest absolute Gasteiger partial charge is 0.330 e. The average molecular weight is 249 g/mol. The van der Waals surface area contributed by atoms with Crippen molar-refractivity contribution in [2.75, 3.05) is 13.1 Å². The molecule has 2 heterocycles. The van der Waals surface area contributed by atoms with E-state index in [0.717, 1.165) is 25.5 Å². The molecule has 92 valence electrons. The van der Waals surface area contributed by atoms with Crippen molar-refractivity contribution in [1.29, 1.82) is 0 Å². The molecular formula is C13H19N3S. The molecule has 0 saturated heterocycles. The van der Waals surface area contributed by atoms with Crippen LogP contribution >= 0.6 is 11.3 Å². The van der Waals surface area contributed by atoms with Gasteiger partial charge in [-0.3, -0.25) is 0 Å². The van der Waals surface area contributed by atoms with E-state index in [1.54, 1.807) is 11.3 Å². The quantitative estimate of drug-likeness (QED) is 0.853. The predicted molar refractivity (Wildman–Crippen MR) is 73.2 cm³/mol. The molecular weight excluding hydrogens is 230 g/mol. The number of rotatable bonds is 6. The monoisotopic (exact) mass is 249 g/mol. The second kappa shape index (κ2) is 5.98. The van der Waals surface area contributed by atoms with Gasteiger partial charge in [0.1, 0.15) is 5.82 Å². The van der Waals surface area contributed by atoms with Gasteiger partial charge in [-0.15, -0.1) is 11.3 Å². The number of hydrogen-bond donors (Lipinski definition) is 1. The maximum atomic E-state index is 4.44. The van der Waals surface area contributed by atoms with Crippen LogP contribution in [0.1, 0.15) is 13.8 Å². The highest BCUT2D eigenvalue weighted by molar-refractivity contribution is 7.13. The van der Waals surface area contributed by atoms with E-state index in [0.29, 0.717) is 5.92 Å². The van der Waals surface area contributed by atoms with E-state index in [9.17, 15) is 0 Å². The molecule has 1 unspecified atom stereocenters. The van der Waals surface area contributed by atoms with Crippen LogP contribution < -0.4 is 5.32 Å². The van der Waals surface area contributed by atoms with Gasteiger partial charge in [0.25, 0.3) is 0 Å². The fourth-order valence-electron chi connectivity index (χ4n) is 1.88. The Labute approximate surface area is 107 Å². The van der Waals surface area contributed by atoms with Crippen LogP contribution in [0.15, 0.2) is 29.9 Å².